The van der Waals surface area contributed by atoms with Crippen LogP contribution in [0.2, 0.25) is 0 Å². The molecule has 5 rings (SSSR count). The van der Waals surface area contributed by atoms with E-state index in [0.29, 0.717) is 13.0 Å². The standard InChI is InChI=1S/C36H42N4O5S/c1-35(2)29-24-27(26-14-7-5-8-15-26)25-39(21-10-6-9-19-32(41)42)34(29)38-30(35)17-11-18-31-36(3,4)28-16-12-20-37-33(28)40(31)22-13-23-46(43,44)45/h5,7-8,11-12,14-18,20,24-25H,6,9-10,13,19,21-23H2,1-4H3,(H-,41,42,43,44,45)/p+1. The van der Waals surface area contributed by atoms with Crippen molar-refractivity contribution >= 4 is 33.4 Å². The first-order valence-corrected chi connectivity index (χ1v) is 17.4. The summed E-state index contributed by atoms with van der Waals surface area (Å²) in [5.41, 5.74) is 5.61. The maximum Gasteiger partial charge on any atom is 0.327 e. The van der Waals surface area contributed by atoms with Gasteiger partial charge in [0.25, 0.3) is 10.1 Å². The van der Waals surface area contributed by atoms with Crippen molar-refractivity contribution in [1.82, 2.24) is 4.98 Å². The van der Waals surface area contributed by atoms with E-state index in [0.717, 1.165) is 64.7 Å². The quantitative estimate of drug-likeness (QED) is 0.123. The predicted molar refractivity (Wildman–Crippen MR) is 181 cm³/mol. The Bertz CT molecular complexity index is 1810. The second kappa shape index (κ2) is 13.3. The summed E-state index contributed by atoms with van der Waals surface area (Å²) in [6, 6.07) is 16.5. The third kappa shape index (κ3) is 7.13. The lowest BCUT2D eigenvalue weighted by Crippen LogP contribution is -2.35. The Labute approximate surface area is 271 Å². The highest BCUT2D eigenvalue weighted by Crippen LogP contribution is 2.46. The number of carboxylic acid groups (broad SMARTS) is 1. The van der Waals surface area contributed by atoms with Crippen molar-refractivity contribution < 1.29 is 27.4 Å². The van der Waals surface area contributed by atoms with E-state index in [4.69, 9.17) is 10.1 Å². The Morgan fingerprint density at radius 2 is 1.72 bits per heavy atom. The minimum atomic E-state index is -4.07. The molecule has 4 heterocycles. The van der Waals surface area contributed by atoms with Gasteiger partial charge in [0.05, 0.1) is 29.5 Å². The molecular weight excluding hydrogens is 600 g/mol. The van der Waals surface area contributed by atoms with E-state index in [9.17, 15) is 17.8 Å². The molecule has 0 bridgehead atoms. The number of hydrogen-bond donors (Lipinski definition) is 2. The van der Waals surface area contributed by atoms with E-state index in [2.05, 4.69) is 73.8 Å². The van der Waals surface area contributed by atoms with Crippen LogP contribution in [-0.4, -0.2) is 47.0 Å². The van der Waals surface area contributed by atoms with E-state index in [1.165, 1.54) is 0 Å². The molecule has 3 aromatic rings. The van der Waals surface area contributed by atoms with Gasteiger partial charge < -0.3 is 10.0 Å². The van der Waals surface area contributed by atoms with Crippen LogP contribution in [0.15, 0.2) is 89.8 Å². The number of aliphatic imine (C=N–C) groups is 1. The van der Waals surface area contributed by atoms with Gasteiger partial charge in [-0.2, -0.15) is 8.42 Å². The molecule has 0 aliphatic carbocycles. The minimum Gasteiger partial charge on any atom is -0.481 e. The number of unbranched alkanes of at least 4 members (excludes halogenated alkanes) is 2. The number of benzene rings is 1. The number of nitrogens with zero attached hydrogens (tertiary/aromatic N) is 4. The maximum absolute atomic E-state index is 11.4. The lowest BCUT2D eigenvalue weighted by Gasteiger charge is -2.26. The average Bonchev–Trinajstić information content (AvgIpc) is 3.38. The van der Waals surface area contributed by atoms with E-state index < -0.39 is 16.1 Å². The Morgan fingerprint density at radius 3 is 2.43 bits per heavy atom. The second-order valence-corrected chi connectivity index (χ2v) is 14.6. The molecule has 2 N–H and O–H groups in total. The van der Waals surface area contributed by atoms with Gasteiger partial charge in [0, 0.05) is 41.4 Å². The molecule has 0 saturated carbocycles. The van der Waals surface area contributed by atoms with Crippen molar-refractivity contribution in [2.45, 2.75) is 77.2 Å². The zero-order valence-electron chi connectivity index (χ0n) is 27.0. The number of allylic oxidation sites excluding steroid dienone is 4. The maximum atomic E-state index is 11.4. The summed E-state index contributed by atoms with van der Waals surface area (Å²) < 4.78 is 34.4. The third-order valence-electron chi connectivity index (χ3n) is 8.98. The van der Waals surface area contributed by atoms with Gasteiger partial charge in [-0.15, -0.1) is 0 Å². The van der Waals surface area contributed by atoms with E-state index in [-0.39, 0.29) is 29.4 Å². The molecule has 9 nitrogen and oxygen atoms in total. The third-order valence-corrected chi connectivity index (χ3v) is 9.79. The van der Waals surface area contributed by atoms with Crippen molar-refractivity contribution in [3.05, 3.63) is 96.0 Å². The van der Waals surface area contributed by atoms with Gasteiger partial charge in [0.1, 0.15) is 5.82 Å². The molecule has 0 spiro atoms. The summed E-state index contributed by atoms with van der Waals surface area (Å²) in [4.78, 5) is 22.8. The fourth-order valence-corrected chi connectivity index (χ4v) is 6.90. The summed E-state index contributed by atoms with van der Waals surface area (Å²) in [5, 5.41) is 9.03. The van der Waals surface area contributed by atoms with Crippen LogP contribution >= 0.6 is 0 Å². The molecule has 2 aliphatic heterocycles. The molecule has 10 heteroatoms. The number of fused-ring (bicyclic) bond motifs is 2. The molecule has 0 atom stereocenters. The van der Waals surface area contributed by atoms with Crippen LogP contribution in [0.4, 0.5) is 11.6 Å². The first-order valence-electron chi connectivity index (χ1n) is 15.8. The molecule has 0 fully saturated rings. The summed E-state index contributed by atoms with van der Waals surface area (Å²) in [6.07, 6.45) is 12.8. The van der Waals surface area contributed by atoms with Gasteiger partial charge in [0.2, 0.25) is 0 Å². The van der Waals surface area contributed by atoms with Crippen molar-refractivity contribution in [2.24, 2.45) is 4.99 Å². The molecule has 0 radical (unpaired) electrons. The number of anilines is 1. The molecular formula is C36H43N4O5S+. The first-order chi connectivity index (χ1) is 21.8. The number of aromatic nitrogens is 2. The normalized spacial score (nSPS) is 17.4. The largest absolute Gasteiger partial charge is 0.481 e. The lowest BCUT2D eigenvalue weighted by molar-refractivity contribution is -0.684. The van der Waals surface area contributed by atoms with Gasteiger partial charge in [-0.1, -0.05) is 56.3 Å². The fourth-order valence-electron chi connectivity index (χ4n) is 6.41. The van der Waals surface area contributed by atoms with Gasteiger partial charge in [-0.05, 0) is 74.4 Å². The van der Waals surface area contributed by atoms with Crippen LogP contribution in [0.3, 0.4) is 0 Å². The SMILES string of the molecule is CC1(C)C(/C=C/C=C2/N(CCCS(=O)(=O)O)c3ncccc3C2(C)C)=Nc2c1cc(-c1ccccc1)c[n+]2CCCCCC(=O)O. The zero-order chi connectivity index (χ0) is 33.1. The van der Waals surface area contributed by atoms with Crippen LogP contribution in [0.25, 0.3) is 11.1 Å². The van der Waals surface area contributed by atoms with Gasteiger partial charge in [0.15, 0.2) is 5.71 Å². The highest BCUT2D eigenvalue weighted by Gasteiger charge is 2.43. The number of hydrogen-bond acceptors (Lipinski definition) is 6. The topological polar surface area (TPSA) is 124 Å². The van der Waals surface area contributed by atoms with Gasteiger partial charge in [-0.25, -0.2) is 9.55 Å². The van der Waals surface area contributed by atoms with Crippen LogP contribution in [0.5, 0.6) is 0 Å². The number of pyridine rings is 2. The smallest absolute Gasteiger partial charge is 0.327 e. The Hall–Kier alpha value is -4.15. The fraction of sp³-hybridized carbons (Fsp3) is 0.389. The second-order valence-electron chi connectivity index (χ2n) is 13.1. The van der Waals surface area contributed by atoms with Gasteiger partial charge >= 0.3 is 11.8 Å². The Kier molecular flexibility index (Phi) is 9.60. The average molecular weight is 644 g/mol. The highest BCUT2D eigenvalue weighted by atomic mass is 32.2. The molecule has 0 unspecified atom stereocenters. The van der Waals surface area contributed by atoms with Crippen LogP contribution in [0.1, 0.15) is 70.9 Å². The molecule has 0 amide bonds. The molecule has 1 aromatic carbocycles. The monoisotopic (exact) mass is 643 g/mol. The van der Waals surface area contributed by atoms with Crippen molar-refractivity contribution in [3.63, 3.8) is 0 Å². The Balaban J connectivity index is 1.46. The number of aliphatic carboxylic acids is 1. The van der Waals surface area contributed by atoms with Crippen molar-refractivity contribution in [2.75, 3.05) is 17.2 Å². The molecule has 2 aliphatic rings. The summed E-state index contributed by atoms with van der Waals surface area (Å²) in [6.45, 7) is 9.77. The van der Waals surface area contributed by atoms with Crippen molar-refractivity contribution in [1.29, 1.82) is 0 Å². The van der Waals surface area contributed by atoms with Crippen molar-refractivity contribution in [3.8, 4) is 11.1 Å². The summed E-state index contributed by atoms with van der Waals surface area (Å²) in [7, 11) is -4.07. The highest BCUT2D eigenvalue weighted by molar-refractivity contribution is 7.85. The molecule has 2 aromatic heterocycles. The number of rotatable bonds is 13. The van der Waals surface area contributed by atoms with E-state index in [1.807, 2.05) is 41.3 Å². The molecule has 46 heavy (non-hydrogen) atoms. The summed E-state index contributed by atoms with van der Waals surface area (Å²) in [5.74, 6) is 0.633. The molecule has 242 valence electrons. The first kappa shape index (κ1) is 33.2. The van der Waals surface area contributed by atoms with Crippen LogP contribution < -0.4 is 9.47 Å². The number of aryl methyl sites for hydroxylation is 1. The van der Waals surface area contributed by atoms with Gasteiger partial charge in [-0.3, -0.25) is 9.35 Å². The minimum absolute atomic E-state index is 0.179. The van der Waals surface area contributed by atoms with Crippen LogP contribution in [0, 0.1) is 0 Å². The zero-order valence-corrected chi connectivity index (χ0v) is 27.8. The van der Waals surface area contributed by atoms with E-state index >= 15 is 0 Å². The Morgan fingerprint density at radius 1 is 0.957 bits per heavy atom. The number of carbonyl (C=O) groups is 1. The summed E-state index contributed by atoms with van der Waals surface area (Å²) >= 11 is 0. The molecule has 0 saturated heterocycles. The lowest BCUT2D eigenvalue weighted by atomic mass is 9.81. The number of carboxylic acids is 1. The van der Waals surface area contributed by atoms with Crippen LogP contribution in [-0.2, 0) is 32.3 Å². The van der Waals surface area contributed by atoms with E-state index in [1.54, 1.807) is 6.20 Å². The predicted octanol–water partition coefficient (Wildman–Crippen LogP) is 6.56.